The van der Waals surface area contributed by atoms with Crippen LogP contribution in [0.25, 0.3) is 5.69 Å². The zero-order valence-electron chi connectivity index (χ0n) is 10.5. The van der Waals surface area contributed by atoms with Gasteiger partial charge in [0, 0.05) is 23.8 Å². The third-order valence-electron chi connectivity index (χ3n) is 2.55. The Hall–Kier alpha value is -2.51. The van der Waals surface area contributed by atoms with Crippen LogP contribution in [0.2, 0.25) is 0 Å². The van der Waals surface area contributed by atoms with Crippen molar-refractivity contribution in [2.24, 2.45) is 0 Å². The molecule has 0 spiro atoms. The number of nitrogens with zero attached hydrogens (tertiary/aromatic N) is 1. The normalized spacial score (nSPS) is 9.84. The summed E-state index contributed by atoms with van der Waals surface area (Å²) in [7, 11) is 0. The van der Waals surface area contributed by atoms with Gasteiger partial charge in [-0.15, -0.1) is 6.42 Å². The number of hydrogen-bond acceptors (Lipinski definition) is 2. The van der Waals surface area contributed by atoms with Gasteiger partial charge < -0.3 is 9.88 Å². The Balaban J connectivity index is 2.00. The molecule has 2 aromatic rings. The van der Waals surface area contributed by atoms with E-state index >= 15 is 0 Å². The molecular formula is C15H15N3O. The highest BCUT2D eigenvalue weighted by atomic mass is 16.1. The Labute approximate surface area is 112 Å². The van der Waals surface area contributed by atoms with Crippen LogP contribution in [0, 0.1) is 12.3 Å². The smallest absolute Gasteiger partial charge is 0.238 e. The number of nitrogens with one attached hydrogen (secondary N) is 2. The Morgan fingerprint density at radius 3 is 2.79 bits per heavy atom. The number of anilines is 1. The highest BCUT2D eigenvalue weighted by molar-refractivity contribution is 5.92. The summed E-state index contributed by atoms with van der Waals surface area (Å²) >= 11 is 0. The van der Waals surface area contributed by atoms with Crippen LogP contribution in [0.15, 0.2) is 48.8 Å². The van der Waals surface area contributed by atoms with E-state index in [1.807, 2.05) is 53.4 Å². The molecule has 0 aliphatic rings. The first-order valence-corrected chi connectivity index (χ1v) is 5.97. The van der Waals surface area contributed by atoms with E-state index in [-0.39, 0.29) is 12.5 Å². The summed E-state index contributed by atoms with van der Waals surface area (Å²) in [6.07, 6.45) is 9.00. The predicted molar refractivity (Wildman–Crippen MR) is 76.1 cm³/mol. The molecule has 0 saturated heterocycles. The van der Waals surface area contributed by atoms with E-state index < -0.39 is 0 Å². The maximum atomic E-state index is 11.6. The van der Waals surface area contributed by atoms with E-state index in [0.717, 1.165) is 11.4 Å². The minimum absolute atomic E-state index is 0.111. The van der Waals surface area contributed by atoms with E-state index in [2.05, 4.69) is 16.6 Å². The summed E-state index contributed by atoms with van der Waals surface area (Å²) in [5.41, 5.74) is 1.76. The van der Waals surface area contributed by atoms with Crippen LogP contribution in [0.1, 0.15) is 0 Å². The number of carbonyl (C=O) groups excluding carboxylic acids is 1. The first kappa shape index (κ1) is 12.9. The summed E-state index contributed by atoms with van der Waals surface area (Å²) in [5, 5.41) is 5.66. The molecule has 2 N–H and O–H groups in total. The number of amides is 1. The number of benzene rings is 1. The van der Waals surface area contributed by atoms with Crippen molar-refractivity contribution >= 4 is 11.6 Å². The van der Waals surface area contributed by atoms with Gasteiger partial charge in [0.05, 0.1) is 13.1 Å². The first-order valence-electron chi connectivity index (χ1n) is 5.97. The second kappa shape index (κ2) is 6.43. The molecule has 0 unspecified atom stereocenters. The molecule has 4 nitrogen and oxygen atoms in total. The third-order valence-corrected chi connectivity index (χ3v) is 2.55. The minimum Gasteiger partial charge on any atom is -0.325 e. The van der Waals surface area contributed by atoms with Gasteiger partial charge >= 0.3 is 0 Å². The standard InChI is InChI=1S/C15H15N3O/c1-2-8-16-12-15(19)17-13-6-5-7-14(11-13)18-9-3-4-10-18/h1,3-7,9-11,16H,8,12H2,(H,17,19). The number of carbonyl (C=O) groups is 1. The topological polar surface area (TPSA) is 46.1 Å². The monoisotopic (exact) mass is 253 g/mol. The van der Waals surface area contributed by atoms with Crippen LogP contribution < -0.4 is 10.6 Å². The molecule has 1 aromatic heterocycles. The molecule has 0 aliphatic carbocycles. The molecular weight excluding hydrogens is 238 g/mol. The first-order chi connectivity index (χ1) is 9.29. The molecule has 0 radical (unpaired) electrons. The van der Waals surface area contributed by atoms with Gasteiger partial charge in [-0.2, -0.15) is 0 Å². The fourth-order valence-electron chi connectivity index (χ4n) is 1.70. The van der Waals surface area contributed by atoms with Gasteiger partial charge in [0.15, 0.2) is 0 Å². The maximum Gasteiger partial charge on any atom is 0.238 e. The van der Waals surface area contributed by atoms with Crippen LogP contribution >= 0.6 is 0 Å². The van der Waals surface area contributed by atoms with Crippen LogP contribution in [0.4, 0.5) is 5.69 Å². The maximum absolute atomic E-state index is 11.6. The zero-order chi connectivity index (χ0) is 13.5. The summed E-state index contributed by atoms with van der Waals surface area (Å²) in [4.78, 5) is 11.6. The minimum atomic E-state index is -0.111. The van der Waals surface area contributed by atoms with Crippen molar-refractivity contribution in [2.75, 3.05) is 18.4 Å². The predicted octanol–water partition coefficient (Wildman–Crippen LogP) is 1.64. The van der Waals surface area contributed by atoms with Crippen LogP contribution in [-0.4, -0.2) is 23.6 Å². The van der Waals surface area contributed by atoms with E-state index in [4.69, 9.17) is 6.42 Å². The molecule has 0 saturated carbocycles. The van der Waals surface area contributed by atoms with Crippen molar-refractivity contribution in [1.29, 1.82) is 0 Å². The highest BCUT2D eigenvalue weighted by Gasteiger charge is 2.02. The van der Waals surface area contributed by atoms with Crippen LogP contribution in [0.5, 0.6) is 0 Å². The molecule has 19 heavy (non-hydrogen) atoms. The highest BCUT2D eigenvalue weighted by Crippen LogP contribution is 2.14. The average Bonchev–Trinajstić information content (AvgIpc) is 2.93. The lowest BCUT2D eigenvalue weighted by Crippen LogP contribution is -2.28. The zero-order valence-corrected chi connectivity index (χ0v) is 10.5. The van der Waals surface area contributed by atoms with Gasteiger partial charge in [0.25, 0.3) is 0 Å². The second-order valence-corrected chi connectivity index (χ2v) is 4.00. The third kappa shape index (κ3) is 3.73. The van der Waals surface area contributed by atoms with Crippen LogP contribution in [-0.2, 0) is 4.79 Å². The number of aromatic nitrogens is 1. The van der Waals surface area contributed by atoms with Crippen molar-refractivity contribution in [2.45, 2.75) is 0 Å². The Morgan fingerprint density at radius 1 is 1.26 bits per heavy atom. The van der Waals surface area contributed by atoms with Gasteiger partial charge in [0.2, 0.25) is 5.91 Å². The van der Waals surface area contributed by atoms with Crippen molar-refractivity contribution in [3.8, 4) is 18.0 Å². The van der Waals surface area contributed by atoms with Gasteiger partial charge in [-0.25, -0.2) is 0 Å². The van der Waals surface area contributed by atoms with E-state index in [0.29, 0.717) is 6.54 Å². The molecule has 0 bridgehead atoms. The molecule has 1 aromatic carbocycles. The Bertz CT molecular complexity index is 582. The van der Waals surface area contributed by atoms with E-state index in [1.54, 1.807) is 0 Å². The van der Waals surface area contributed by atoms with E-state index in [1.165, 1.54) is 0 Å². The Morgan fingerprint density at radius 2 is 2.05 bits per heavy atom. The number of terminal acetylenes is 1. The average molecular weight is 253 g/mol. The lowest BCUT2D eigenvalue weighted by Gasteiger charge is -2.08. The van der Waals surface area contributed by atoms with Crippen molar-refractivity contribution in [3.05, 3.63) is 48.8 Å². The molecule has 1 amide bonds. The largest absolute Gasteiger partial charge is 0.325 e. The fourth-order valence-corrected chi connectivity index (χ4v) is 1.70. The number of rotatable bonds is 5. The van der Waals surface area contributed by atoms with Gasteiger partial charge in [0.1, 0.15) is 0 Å². The second-order valence-electron chi connectivity index (χ2n) is 4.00. The summed E-state index contributed by atoms with van der Waals surface area (Å²) in [6.45, 7) is 0.592. The molecule has 0 atom stereocenters. The lowest BCUT2D eigenvalue weighted by molar-refractivity contribution is -0.115. The number of hydrogen-bond donors (Lipinski definition) is 2. The molecule has 0 fully saturated rings. The van der Waals surface area contributed by atoms with Crippen LogP contribution in [0.3, 0.4) is 0 Å². The summed E-state index contributed by atoms with van der Waals surface area (Å²) in [5.74, 6) is 2.31. The molecule has 96 valence electrons. The fraction of sp³-hybridized carbons (Fsp3) is 0.133. The van der Waals surface area contributed by atoms with Gasteiger partial charge in [-0.05, 0) is 30.3 Å². The van der Waals surface area contributed by atoms with E-state index in [9.17, 15) is 4.79 Å². The van der Waals surface area contributed by atoms with Crippen molar-refractivity contribution < 1.29 is 4.79 Å². The molecule has 2 rings (SSSR count). The van der Waals surface area contributed by atoms with Crippen molar-refractivity contribution in [1.82, 2.24) is 9.88 Å². The molecule has 4 heteroatoms. The molecule has 0 aliphatic heterocycles. The SMILES string of the molecule is C#CCNCC(=O)Nc1cccc(-n2cccc2)c1. The Kier molecular flexibility index (Phi) is 4.38. The van der Waals surface area contributed by atoms with Crippen molar-refractivity contribution in [3.63, 3.8) is 0 Å². The quantitative estimate of drug-likeness (QED) is 0.628. The lowest BCUT2D eigenvalue weighted by atomic mass is 10.2. The van der Waals surface area contributed by atoms with Gasteiger partial charge in [-0.3, -0.25) is 10.1 Å². The van der Waals surface area contributed by atoms with Gasteiger partial charge in [-0.1, -0.05) is 12.0 Å². The molecule has 1 heterocycles. The summed E-state index contributed by atoms with van der Waals surface area (Å²) in [6, 6.07) is 11.6. The summed E-state index contributed by atoms with van der Waals surface area (Å²) < 4.78 is 1.98.